The van der Waals surface area contributed by atoms with Crippen LogP contribution in [0.1, 0.15) is 23.2 Å². The van der Waals surface area contributed by atoms with Gasteiger partial charge in [0.05, 0.1) is 0 Å². The van der Waals surface area contributed by atoms with Crippen molar-refractivity contribution in [3.63, 3.8) is 0 Å². The van der Waals surface area contributed by atoms with E-state index in [-0.39, 0.29) is 5.78 Å². The molecule has 1 unspecified atom stereocenters. The van der Waals surface area contributed by atoms with Gasteiger partial charge in [0.1, 0.15) is 0 Å². The van der Waals surface area contributed by atoms with E-state index in [1.807, 2.05) is 12.1 Å². The molecule has 0 fully saturated rings. The molecule has 0 saturated carbocycles. The number of halogens is 1. The number of ketones is 1. The Morgan fingerprint density at radius 3 is 2.47 bits per heavy atom. The maximum absolute atomic E-state index is 11.6. The smallest absolute Gasteiger partial charge is 0.162 e. The van der Waals surface area contributed by atoms with Crippen molar-refractivity contribution in [2.75, 3.05) is 12.0 Å². The van der Waals surface area contributed by atoms with Crippen molar-refractivity contribution in [1.29, 1.82) is 0 Å². The van der Waals surface area contributed by atoms with Crippen LogP contribution in [0.2, 0.25) is 0 Å². The maximum Gasteiger partial charge on any atom is 0.162 e. The van der Waals surface area contributed by atoms with Crippen LogP contribution in [-0.4, -0.2) is 22.0 Å². The fraction of sp³-hybridized carbons (Fsp3) is 0.364. The van der Waals surface area contributed by atoms with Crippen molar-refractivity contribution in [3.8, 4) is 0 Å². The molecule has 15 heavy (non-hydrogen) atoms. The van der Waals surface area contributed by atoms with E-state index < -0.39 is 10.8 Å². The Morgan fingerprint density at radius 1 is 1.33 bits per heavy atom. The second-order valence-electron chi connectivity index (χ2n) is 3.31. The van der Waals surface area contributed by atoms with Gasteiger partial charge in [0.15, 0.2) is 5.78 Å². The van der Waals surface area contributed by atoms with Crippen molar-refractivity contribution >= 4 is 32.5 Å². The van der Waals surface area contributed by atoms with Crippen LogP contribution in [0.4, 0.5) is 0 Å². The molecule has 1 aromatic rings. The Labute approximate surface area is 101 Å². The number of carbonyl (C=O) groups is 1. The van der Waals surface area contributed by atoms with Gasteiger partial charge in [0.2, 0.25) is 0 Å². The number of hydrogen-bond donors (Lipinski definition) is 0. The molecule has 0 amide bonds. The summed E-state index contributed by atoms with van der Waals surface area (Å²) in [5.41, 5.74) is 0.722. The largest absolute Gasteiger partial charge is 0.294 e. The Balaban J connectivity index is 2.47. The quantitative estimate of drug-likeness (QED) is 0.781. The van der Waals surface area contributed by atoms with Gasteiger partial charge < -0.3 is 0 Å². The molecule has 4 heteroatoms. The molecule has 0 bridgehead atoms. The summed E-state index contributed by atoms with van der Waals surface area (Å²) in [4.78, 5) is 11.6. The van der Waals surface area contributed by atoms with Crippen molar-refractivity contribution in [2.45, 2.75) is 12.8 Å². The summed E-state index contributed by atoms with van der Waals surface area (Å²) in [7, 11) is -0.802. The lowest BCUT2D eigenvalue weighted by atomic mass is 10.1. The molecule has 0 spiro atoms. The Morgan fingerprint density at radius 2 is 1.93 bits per heavy atom. The SMILES string of the molecule is CS(=O)CCCC(=O)c1ccc(Br)cc1. The van der Waals surface area contributed by atoms with Crippen molar-refractivity contribution < 1.29 is 9.00 Å². The third kappa shape index (κ3) is 4.71. The number of benzene rings is 1. The van der Waals surface area contributed by atoms with E-state index in [1.54, 1.807) is 18.4 Å². The topological polar surface area (TPSA) is 34.1 Å². The van der Waals surface area contributed by atoms with Crippen LogP contribution in [0, 0.1) is 0 Å². The molecule has 0 saturated heterocycles. The molecule has 0 N–H and O–H groups in total. The van der Waals surface area contributed by atoms with E-state index in [0.29, 0.717) is 18.6 Å². The van der Waals surface area contributed by atoms with Gasteiger partial charge in [-0.15, -0.1) is 0 Å². The molecule has 0 aliphatic heterocycles. The van der Waals surface area contributed by atoms with Gasteiger partial charge in [-0.3, -0.25) is 9.00 Å². The average molecular weight is 289 g/mol. The monoisotopic (exact) mass is 288 g/mol. The third-order valence-electron chi connectivity index (χ3n) is 2.00. The summed E-state index contributed by atoms with van der Waals surface area (Å²) >= 11 is 3.31. The maximum atomic E-state index is 11.6. The highest BCUT2D eigenvalue weighted by Crippen LogP contribution is 2.12. The summed E-state index contributed by atoms with van der Waals surface area (Å²) in [5.74, 6) is 0.718. The van der Waals surface area contributed by atoms with Gasteiger partial charge in [0.25, 0.3) is 0 Å². The lowest BCUT2D eigenvalue weighted by molar-refractivity contribution is 0.0982. The number of rotatable bonds is 5. The number of hydrogen-bond acceptors (Lipinski definition) is 2. The standard InChI is InChI=1S/C11H13BrO2S/c1-15(14)8-2-3-11(13)9-4-6-10(12)7-5-9/h4-7H,2-3,8H2,1H3. The van der Waals surface area contributed by atoms with Crippen molar-refractivity contribution in [3.05, 3.63) is 34.3 Å². The lowest BCUT2D eigenvalue weighted by Gasteiger charge is -2.00. The fourth-order valence-electron chi connectivity index (χ4n) is 1.22. The highest BCUT2D eigenvalue weighted by atomic mass is 79.9. The Hall–Kier alpha value is -0.480. The summed E-state index contributed by atoms with van der Waals surface area (Å²) in [5, 5.41) is 0. The molecule has 0 aliphatic rings. The van der Waals surface area contributed by atoms with Gasteiger partial charge >= 0.3 is 0 Å². The second kappa shape index (κ2) is 6.18. The van der Waals surface area contributed by atoms with Gasteiger partial charge in [0, 0.05) is 39.3 Å². The van der Waals surface area contributed by atoms with Crippen molar-refractivity contribution in [1.82, 2.24) is 0 Å². The average Bonchev–Trinajstić information content (AvgIpc) is 2.18. The molecule has 0 heterocycles. The number of carbonyl (C=O) groups excluding carboxylic acids is 1. The zero-order valence-electron chi connectivity index (χ0n) is 8.53. The minimum absolute atomic E-state index is 0.118. The lowest BCUT2D eigenvalue weighted by Crippen LogP contribution is -2.02. The molecular formula is C11H13BrO2S. The van der Waals surface area contributed by atoms with Crippen LogP contribution < -0.4 is 0 Å². The first-order valence-electron chi connectivity index (χ1n) is 4.68. The normalized spacial score (nSPS) is 12.4. The molecule has 1 atom stereocenters. The Kier molecular flexibility index (Phi) is 5.19. The van der Waals surface area contributed by atoms with Crippen LogP contribution >= 0.6 is 15.9 Å². The first-order chi connectivity index (χ1) is 7.09. The first kappa shape index (κ1) is 12.6. The summed E-state index contributed by atoms with van der Waals surface area (Å²) < 4.78 is 11.8. The van der Waals surface area contributed by atoms with E-state index in [9.17, 15) is 9.00 Å². The van der Waals surface area contributed by atoms with E-state index >= 15 is 0 Å². The second-order valence-corrected chi connectivity index (χ2v) is 5.78. The molecule has 1 rings (SSSR count). The van der Waals surface area contributed by atoms with Crippen LogP contribution in [0.15, 0.2) is 28.7 Å². The van der Waals surface area contributed by atoms with Crippen LogP contribution in [0.25, 0.3) is 0 Å². The highest BCUT2D eigenvalue weighted by molar-refractivity contribution is 9.10. The zero-order chi connectivity index (χ0) is 11.3. The molecule has 0 radical (unpaired) electrons. The van der Waals surface area contributed by atoms with E-state index in [1.165, 1.54) is 0 Å². The summed E-state index contributed by atoms with van der Waals surface area (Å²) in [6, 6.07) is 7.31. The van der Waals surface area contributed by atoms with Gasteiger partial charge in [-0.05, 0) is 18.6 Å². The van der Waals surface area contributed by atoms with Gasteiger partial charge in [-0.1, -0.05) is 28.1 Å². The van der Waals surface area contributed by atoms with E-state index in [0.717, 1.165) is 10.0 Å². The molecule has 0 aromatic heterocycles. The predicted octanol–water partition coefficient (Wildman–Crippen LogP) is 2.79. The molecule has 1 aromatic carbocycles. The summed E-state index contributed by atoms with van der Waals surface area (Å²) in [6.07, 6.45) is 2.82. The summed E-state index contributed by atoms with van der Waals surface area (Å²) in [6.45, 7) is 0. The third-order valence-corrected chi connectivity index (χ3v) is 3.39. The van der Waals surface area contributed by atoms with Gasteiger partial charge in [-0.25, -0.2) is 0 Å². The van der Waals surface area contributed by atoms with E-state index in [4.69, 9.17) is 0 Å². The molecule has 2 nitrogen and oxygen atoms in total. The fourth-order valence-corrected chi connectivity index (χ4v) is 2.03. The molecule has 82 valence electrons. The van der Waals surface area contributed by atoms with E-state index in [2.05, 4.69) is 15.9 Å². The zero-order valence-corrected chi connectivity index (χ0v) is 10.9. The highest BCUT2D eigenvalue weighted by Gasteiger charge is 2.05. The van der Waals surface area contributed by atoms with Crippen LogP contribution in [-0.2, 0) is 10.8 Å². The first-order valence-corrected chi connectivity index (χ1v) is 7.20. The molecule has 0 aliphatic carbocycles. The minimum atomic E-state index is -0.802. The van der Waals surface area contributed by atoms with Crippen molar-refractivity contribution in [2.24, 2.45) is 0 Å². The van der Waals surface area contributed by atoms with Crippen LogP contribution in [0.3, 0.4) is 0 Å². The number of Topliss-reactive ketones (excluding diaryl/α,β-unsaturated/α-hetero) is 1. The Bertz CT molecular complexity index is 359. The van der Waals surface area contributed by atoms with Gasteiger partial charge in [-0.2, -0.15) is 0 Å². The minimum Gasteiger partial charge on any atom is -0.294 e. The molecular weight excluding hydrogens is 276 g/mol. The predicted molar refractivity (Wildman–Crippen MR) is 66.6 cm³/mol. The van der Waals surface area contributed by atoms with Crippen LogP contribution in [0.5, 0.6) is 0 Å².